The molecule has 4 fully saturated rings. The van der Waals surface area contributed by atoms with Crippen LogP contribution in [-0.4, -0.2) is 0 Å². The van der Waals surface area contributed by atoms with Crippen molar-refractivity contribution in [3.05, 3.63) is 35.4 Å². The molecule has 4 bridgehead atoms. The molecule has 19 heavy (non-hydrogen) atoms. The van der Waals surface area contributed by atoms with Crippen LogP contribution in [0.25, 0.3) is 0 Å². The van der Waals surface area contributed by atoms with Crippen molar-refractivity contribution in [2.24, 2.45) is 17.8 Å². The van der Waals surface area contributed by atoms with Crippen LogP contribution in [0.2, 0.25) is 0 Å². The van der Waals surface area contributed by atoms with E-state index in [1.165, 1.54) is 38.5 Å². The summed E-state index contributed by atoms with van der Waals surface area (Å²) >= 11 is 5.47. The van der Waals surface area contributed by atoms with Crippen molar-refractivity contribution in [3.63, 3.8) is 0 Å². The van der Waals surface area contributed by atoms with Crippen molar-refractivity contribution in [3.8, 4) is 11.3 Å². The molecule has 0 N–H and O–H groups in total. The summed E-state index contributed by atoms with van der Waals surface area (Å²) in [7, 11) is 0. The molecule has 0 atom stereocenters. The van der Waals surface area contributed by atoms with E-state index in [9.17, 15) is 0 Å². The SMILES string of the molecule is ClC#Cc1ccc(C23CC4CC(CC(C4)C2)C3)cc1. The molecule has 98 valence electrons. The van der Waals surface area contributed by atoms with Crippen molar-refractivity contribution in [2.45, 2.75) is 43.9 Å². The van der Waals surface area contributed by atoms with Crippen molar-refractivity contribution >= 4 is 11.6 Å². The maximum Gasteiger partial charge on any atom is 0.0258 e. The highest BCUT2D eigenvalue weighted by molar-refractivity contribution is 6.30. The summed E-state index contributed by atoms with van der Waals surface area (Å²) in [5, 5.41) is 2.46. The summed E-state index contributed by atoms with van der Waals surface area (Å²) in [6.45, 7) is 0. The second kappa shape index (κ2) is 4.29. The lowest BCUT2D eigenvalue weighted by Crippen LogP contribution is -2.48. The Labute approximate surface area is 120 Å². The minimum absolute atomic E-state index is 0.502. The zero-order chi connectivity index (χ0) is 12.9. The van der Waals surface area contributed by atoms with E-state index in [0.29, 0.717) is 5.41 Å². The summed E-state index contributed by atoms with van der Waals surface area (Å²) in [4.78, 5) is 0. The van der Waals surface area contributed by atoms with Gasteiger partial charge in [-0.15, -0.1) is 0 Å². The molecule has 0 amide bonds. The summed E-state index contributed by atoms with van der Waals surface area (Å²) in [5.41, 5.74) is 3.09. The molecule has 0 unspecified atom stereocenters. The van der Waals surface area contributed by atoms with Gasteiger partial charge in [0.25, 0.3) is 0 Å². The minimum atomic E-state index is 0.502. The third-order valence-corrected chi connectivity index (χ3v) is 5.82. The van der Waals surface area contributed by atoms with Crippen molar-refractivity contribution in [2.75, 3.05) is 0 Å². The van der Waals surface area contributed by atoms with Gasteiger partial charge in [-0.2, -0.15) is 0 Å². The predicted octanol–water partition coefficient (Wildman–Crippen LogP) is 4.70. The fraction of sp³-hybridized carbons (Fsp3) is 0.556. The van der Waals surface area contributed by atoms with Gasteiger partial charge in [0.05, 0.1) is 0 Å². The Bertz CT molecular complexity index is 508. The molecule has 0 spiro atoms. The lowest BCUT2D eigenvalue weighted by atomic mass is 9.48. The second-order valence-electron chi connectivity index (χ2n) is 6.99. The van der Waals surface area contributed by atoms with Crippen LogP contribution in [-0.2, 0) is 5.41 Å². The highest BCUT2D eigenvalue weighted by Crippen LogP contribution is 2.60. The summed E-state index contributed by atoms with van der Waals surface area (Å²) < 4.78 is 0. The maximum absolute atomic E-state index is 5.47. The number of rotatable bonds is 1. The monoisotopic (exact) mass is 270 g/mol. The van der Waals surface area contributed by atoms with E-state index in [4.69, 9.17) is 11.6 Å². The predicted molar refractivity (Wildman–Crippen MR) is 79.0 cm³/mol. The molecule has 1 aromatic carbocycles. The molecule has 1 aromatic rings. The average molecular weight is 271 g/mol. The molecule has 0 aliphatic heterocycles. The number of halogens is 1. The van der Waals surface area contributed by atoms with E-state index in [0.717, 1.165) is 23.3 Å². The molecule has 0 nitrogen and oxygen atoms in total. The topological polar surface area (TPSA) is 0 Å². The quantitative estimate of drug-likeness (QED) is 0.649. The van der Waals surface area contributed by atoms with Crippen LogP contribution in [0.15, 0.2) is 24.3 Å². The average Bonchev–Trinajstić information content (AvgIpc) is 2.38. The minimum Gasteiger partial charge on any atom is -0.0572 e. The van der Waals surface area contributed by atoms with Gasteiger partial charge in [-0.3, -0.25) is 0 Å². The molecule has 0 heterocycles. The number of hydrogen-bond acceptors (Lipinski definition) is 0. The highest BCUT2D eigenvalue weighted by Gasteiger charge is 2.51. The van der Waals surface area contributed by atoms with Gasteiger partial charge in [0.15, 0.2) is 0 Å². The van der Waals surface area contributed by atoms with Crippen molar-refractivity contribution in [1.82, 2.24) is 0 Å². The van der Waals surface area contributed by atoms with E-state index < -0.39 is 0 Å². The lowest BCUT2D eigenvalue weighted by Gasteiger charge is -2.57. The van der Waals surface area contributed by atoms with Gasteiger partial charge in [0.1, 0.15) is 0 Å². The lowest BCUT2D eigenvalue weighted by molar-refractivity contribution is -0.00518. The van der Waals surface area contributed by atoms with Crippen LogP contribution in [0.5, 0.6) is 0 Å². The Morgan fingerprint density at radius 2 is 1.42 bits per heavy atom. The molecule has 5 rings (SSSR count). The highest BCUT2D eigenvalue weighted by atomic mass is 35.5. The summed E-state index contributed by atoms with van der Waals surface area (Å²) in [5.74, 6) is 5.95. The molecule has 0 aromatic heterocycles. The largest absolute Gasteiger partial charge is 0.0572 e. The third kappa shape index (κ3) is 1.91. The first-order valence-corrected chi connectivity index (χ1v) is 7.87. The van der Waals surface area contributed by atoms with Gasteiger partial charge in [0, 0.05) is 10.9 Å². The first-order chi connectivity index (χ1) is 9.27. The second-order valence-corrected chi connectivity index (χ2v) is 7.18. The Hall–Kier alpha value is -0.930. The zero-order valence-electron chi connectivity index (χ0n) is 11.2. The fourth-order valence-electron chi connectivity index (χ4n) is 5.43. The van der Waals surface area contributed by atoms with Crippen molar-refractivity contribution < 1.29 is 0 Å². The van der Waals surface area contributed by atoms with E-state index in [-0.39, 0.29) is 0 Å². The molecular formula is C18H19Cl. The fourth-order valence-corrected chi connectivity index (χ4v) is 5.53. The standard InChI is InChI=1S/C18H19Cl/c19-6-5-13-1-3-17(4-2-13)18-10-14-7-15(11-18)9-16(8-14)12-18/h1-4,14-16H,7-12H2. The van der Waals surface area contributed by atoms with Crippen LogP contribution in [0.4, 0.5) is 0 Å². The first-order valence-electron chi connectivity index (χ1n) is 7.50. The van der Waals surface area contributed by atoms with Crippen LogP contribution >= 0.6 is 11.6 Å². The Morgan fingerprint density at radius 3 is 1.89 bits per heavy atom. The molecular weight excluding hydrogens is 252 g/mol. The third-order valence-electron chi connectivity index (χ3n) is 5.73. The Morgan fingerprint density at radius 1 is 0.895 bits per heavy atom. The van der Waals surface area contributed by atoms with Crippen LogP contribution in [0, 0.1) is 29.1 Å². The van der Waals surface area contributed by atoms with E-state index in [1.54, 1.807) is 5.56 Å². The van der Waals surface area contributed by atoms with Gasteiger partial charge < -0.3 is 0 Å². The van der Waals surface area contributed by atoms with E-state index in [1.807, 2.05) is 0 Å². The van der Waals surface area contributed by atoms with Crippen LogP contribution < -0.4 is 0 Å². The molecule has 1 heteroatoms. The van der Waals surface area contributed by atoms with E-state index >= 15 is 0 Å². The Kier molecular flexibility index (Phi) is 2.68. The van der Waals surface area contributed by atoms with Gasteiger partial charge in [-0.05, 0) is 96.9 Å². The van der Waals surface area contributed by atoms with Gasteiger partial charge in [0.2, 0.25) is 0 Å². The van der Waals surface area contributed by atoms with Crippen molar-refractivity contribution in [1.29, 1.82) is 0 Å². The molecule has 0 radical (unpaired) electrons. The summed E-state index contributed by atoms with van der Waals surface area (Å²) in [6, 6.07) is 8.90. The van der Waals surface area contributed by atoms with Gasteiger partial charge in [-0.25, -0.2) is 0 Å². The Balaban J connectivity index is 1.68. The van der Waals surface area contributed by atoms with Crippen LogP contribution in [0.3, 0.4) is 0 Å². The van der Waals surface area contributed by atoms with E-state index in [2.05, 4.69) is 35.6 Å². The molecule has 4 saturated carbocycles. The number of hydrogen-bond donors (Lipinski definition) is 0. The first kappa shape index (κ1) is 11.9. The smallest absolute Gasteiger partial charge is 0.0258 e. The number of benzene rings is 1. The zero-order valence-corrected chi connectivity index (χ0v) is 11.9. The molecule has 4 aliphatic carbocycles. The van der Waals surface area contributed by atoms with Gasteiger partial charge in [-0.1, -0.05) is 12.1 Å². The molecule has 0 saturated heterocycles. The maximum atomic E-state index is 5.47. The van der Waals surface area contributed by atoms with Gasteiger partial charge >= 0.3 is 0 Å². The molecule has 4 aliphatic rings. The summed E-state index contributed by atoms with van der Waals surface area (Å²) in [6.07, 6.45) is 8.82. The van der Waals surface area contributed by atoms with Crippen LogP contribution in [0.1, 0.15) is 49.7 Å². The normalized spacial score (nSPS) is 38.9.